The number of amides is 1. The van der Waals surface area contributed by atoms with Crippen molar-refractivity contribution >= 4 is 22.6 Å². The van der Waals surface area contributed by atoms with Crippen molar-refractivity contribution in [2.45, 2.75) is 13.5 Å². The number of nitrogens with one attached hydrogen (secondary N) is 1. The van der Waals surface area contributed by atoms with Crippen molar-refractivity contribution in [2.24, 2.45) is 0 Å². The molecule has 1 amide bonds. The van der Waals surface area contributed by atoms with Crippen molar-refractivity contribution in [3.8, 4) is 0 Å². The number of carbonyl (C=O) groups excluding carboxylic acids is 2. The highest BCUT2D eigenvalue weighted by Crippen LogP contribution is 2.13. The minimum absolute atomic E-state index is 0.0730. The number of hydrogen-bond donors (Lipinski definition) is 1. The standard InChI is InChI=1S/C20H18FN3O4/c1-2-24(11-13-6-5-7-14(21)10-13)17(25)12-28-20(27)18-15-8-3-4-9-16(15)19(26)23-22-18/h3-10H,2,11-12H2,1H3,(H,23,26). The number of likely N-dealkylation sites (N-methyl/N-ethyl adjacent to an activating group) is 1. The molecule has 0 spiro atoms. The average Bonchev–Trinajstić information content (AvgIpc) is 2.70. The summed E-state index contributed by atoms with van der Waals surface area (Å²) in [4.78, 5) is 38.0. The topological polar surface area (TPSA) is 92.4 Å². The first-order chi connectivity index (χ1) is 13.5. The highest BCUT2D eigenvalue weighted by atomic mass is 19.1. The third-order valence-corrected chi connectivity index (χ3v) is 4.21. The number of ether oxygens (including phenoxy) is 1. The largest absolute Gasteiger partial charge is 0.451 e. The molecule has 2 aromatic carbocycles. The van der Waals surface area contributed by atoms with Crippen LogP contribution in [0.1, 0.15) is 23.0 Å². The molecule has 0 aliphatic heterocycles. The van der Waals surface area contributed by atoms with Gasteiger partial charge in [0.2, 0.25) is 0 Å². The number of esters is 1. The summed E-state index contributed by atoms with van der Waals surface area (Å²) in [5.41, 5.74) is 0.140. The molecule has 0 aliphatic carbocycles. The number of carbonyl (C=O) groups is 2. The Labute approximate surface area is 159 Å². The number of H-pyrrole nitrogens is 1. The van der Waals surface area contributed by atoms with E-state index in [0.29, 0.717) is 22.9 Å². The molecule has 0 saturated carbocycles. The molecule has 0 radical (unpaired) electrons. The molecule has 0 atom stereocenters. The van der Waals surface area contributed by atoms with Crippen molar-refractivity contribution in [1.82, 2.24) is 15.1 Å². The van der Waals surface area contributed by atoms with E-state index in [1.807, 2.05) is 0 Å². The highest BCUT2D eigenvalue weighted by Gasteiger charge is 2.19. The van der Waals surface area contributed by atoms with Crippen LogP contribution in [0.4, 0.5) is 4.39 Å². The summed E-state index contributed by atoms with van der Waals surface area (Å²) in [6, 6.07) is 12.4. The fourth-order valence-electron chi connectivity index (χ4n) is 2.79. The van der Waals surface area contributed by atoms with Gasteiger partial charge in [0, 0.05) is 18.5 Å². The third kappa shape index (κ3) is 4.22. The minimum Gasteiger partial charge on any atom is -0.451 e. The second kappa shape index (κ2) is 8.43. The molecule has 8 heteroatoms. The molecule has 3 rings (SSSR count). The van der Waals surface area contributed by atoms with Gasteiger partial charge in [-0.15, -0.1) is 0 Å². The maximum absolute atomic E-state index is 13.3. The van der Waals surface area contributed by atoms with E-state index in [1.165, 1.54) is 17.0 Å². The third-order valence-electron chi connectivity index (χ3n) is 4.21. The van der Waals surface area contributed by atoms with Gasteiger partial charge in [0.25, 0.3) is 11.5 Å². The van der Waals surface area contributed by atoms with E-state index in [0.717, 1.165) is 0 Å². The lowest BCUT2D eigenvalue weighted by molar-refractivity contribution is -0.135. The van der Waals surface area contributed by atoms with Crippen LogP contribution in [0.3, 0.4) is 0 Å². The van der Waals surface area contributed by atoms with Crippen molar-refractivity contribution in [3.05, 3.63) is 76.0 Å². The minimum atomic E-state index is -0.817. The zero-order valence-electron chi connectivity index (χ0n) is 15.1. The van der Waals surface area contributed by atoms with Crippen LogP contribution in [-0.4, -0.2) is 40.1 Å². The van der Waals surface area contributed by atoms with Crippen LogP contribution in [0.2, 0.25) is 0 Å². The van der Waals surface area contributed by atoms with Gasteiger partial charge in [-0.1, -0.05) is 30.3 Å². The Kier molecular flexibility index (Phi) is 5.78. The summed E-state index contributed by atoms with van der Waals surface area (Å²) in [5.74, 6) is -1.63. The second-order valence-electron chi connectivity index (χ2n) is 6.06. The van der Waals surface area contributed by atoms with Gasteiger partial charge in [-0.2, -0.15) is 5.10 Å². The molecule has 0 saturated heterocycles. The quantitative estimate of drug-likeness (QED) is 0.659. The lowest BCUT2D eigenvalue weighted by Gasteiger charge is -2.20. The van der Waals surface area contributed by atoms with Gasteiger partial charge in [-0.25, -0.2) is 14.3 Å². The molecule has 28 heavy (non-hydrogen) atoms. The molecule has 0 aliphatic rings. The Morgan fingerprint density at radius 1 is 1.14 bits per heavy atom. The number of halogens is 1. The van der Waals surface area contributed by atoms with Crippen LogP contribution in [0.5, 0.6) is 0 Å². The van der Waals surface area contributed by atoms with Gasteiger partial charge >= 0.3 is 5.97 Å². The molecule has 1 heterocycles. The Morgan fingerprint density at radius 2 is 1.89 bits per heavy atom. The Hall–Kier alpha value is -3.55. The van der Waals surface area contributed by atoms with Gasteiger partial charge < -0.3 is 9.64 Å². The van der Waals surface area contributed by atoms with Crippen LogP contribution < -0.4 is 5.56 Å². The van der Waals surface area contributed by atoms with Crippen molar-refractivity contribution in [2.75, 3.05) is 13.2 Å². The molecule has 0 unspecified atom stereocenters. The van der Waals surface area contributed by atoms with Gasteiger partial charge in [0.05, 0.1) is 5.39 Å². The van der Waals surface area contributed by atoms with Gasteiger partial charge in [0.1, 0.15) is 5.82 Å². The SMILES string of the molecule is CCN(Cc1cccc(F)c1)C(=O)COC(=O)c1n[nH]c(=O)c2ccccc12. The molecule has 0 bridgehead atoms. The number of nitrogens with zero attached hydrogens (tertiary/aromatic N) is 2. The molecular weight excluding hydrogens is 365 g/mol. The summed E-state index contributed by atoms with van der Waals surface area (Å²) in [5, 5.41) is 6.64. The molecular formula is C20H18FN3O4. The number of hydrogen-bond acceptors (Lipinski definition) is 5. The molecule has 0 fully saturated rings. The predicted octanol–water partition coefficient (Wildman–Crippen LogP) is 2.27. The summed E-state index contributed by atoms with van der Waals surface area (Å²) in [6.45, 7) is 1.85. The number of aromatic nitrogens is 2. The number of fused-ring (bicyclic) bond motifs is 1. The van der Waals surface area contributed by atoms with Crippen LogP contribution in [-0.2, 0) is 16.1 Å². The Bertz CT molecular complexity index is 1080. The van der Waals surface area contributed by atoms with E-state index in [9.17, 15) is 18.8 Å². The predicted molar refractivity (Wildman–Crippen MR) is 100 cm³/mol. The molecule has 144 valence electrons. The second-order valence-corrected chi connectivity index (χ2v) is 6.06. The fourth-order valence-corrected chi connectivity index (χ4v) is 2.79. The Balaban J connectivity index is 1.69. The monoisotopic (exact) mass is 383 g/mol. The van der Waals surface area contributed by atoms with Gasteiger partial charge in [0.15, 0.2) is 12.3 Å². The maximum atomic E-state index is 13.3. The number of rotatable bonds is 6. The molecule has 3 aromatic rings. The number of benzene rings is 2. The first-order valence-corrected chi connectivity index (χ1v) is 8.66. The molecule has 1 N–H and O–H groups in total. The van der Waals surface area contributed by atoms with Gasteiger partial charge in [-0.3, -0.25) is 9.59 Å². The molecule has 1 aromatic heterocycles. The first-order valence-electron chi connectivity index (χ1n) is 8.66. The summed E-state index contributed by atoms with van der Waals surface area (Å²) >= 11 is 0. The number of aromatic amines is 1. The van der Waals surface area contributed by atoms with Crippen LogP contribution in [0.15, 0.2) is 53.3 Å². The average molecular weight is 383 g/mol. The smallest absolute Gasteiger partial charge is 0.359 e. The van der Waals surface area contributed by atoms with Crippen molar-refractivity contribution in [3.63, 3.8) is 0 Å². The zero-order chi connectivity index (χ0) is 20.1. The first kappa shape index (κ1) is 19.2. The summed E-state index contributed by atoms with van der Waals surface area (Å²) < 4.78 is 18.4. The lowest BCUT2D eigenvalue weighted by Crippen LogP contribution is -2.34. The summed E-state index contributed by atoms with van der Waals surface area (Å²) in [6.07, 6.45) is 0. The lowest BCUT2D eigenvalue weighted by atomic mass is 10.1. The highest BCUT2D eigenvalue weighted by molar-refractivity contribution is 6.02. The van der Waals surface area contributed by atoms with E-state index in [4.69, 9.17) is 4.74 Å². The van der Waals surface area contributed by atoms with E-state index in [1.54, 1.807) is 43.3 Å². The van der Waals surface area contributed by atoms with Gasteiger partial charge in [-0.05, 0) is 30.7 Å². The van der Waals surface area contributed by atoms with E-state index < -0.39 is 24.0 Å². The van der Waals surface area contributed by atoms with E-state index in [2.05, 4.69) is 10.2 Å². The van der Waals surface area contributed by atoms with E-state index >= 15 is 0 Å². The van der Waals surface area contributed by atoms with Crippen molar-refractivity contribution < 1.29 is 18.7 Å². The normalized spacial score (nSPS) is 10.6. The van der Waals surface area contributed by atoms with Crippen molar-refractivity contribution in [1.29, 1.82) is 0 Å². The van der Waals surface area contributed by atoms with E-state index in [-0.39, 0.29) is 18.1 Å². The van der Waals surface area contributed by atoms with Crippen LogP contribution >= 0.6 is 0 Å². The Morgan fingerprint density at radius 3 is 2.61 bits per heavy atom. The summed E-state index contributed by atoms with van der Waals surface area (Å²) in [7, 11) is 0. The maximum Gasteiger partial charge on any atom is 0.359 e. The molecule has 7 nitrogen and oxygen atoms in total. The fraction of sp³-hybridized carbons (Fsp3) is 0.200. The zero-order valence-corrected chi connectivity index (χ0v) is 15.1. The van der Waals surface area contributed by atoms with Crippen LogP contribution in [0.25, 0.3) is 10.8 Å². The van der Waals surface area contributed by atoms with Crippen LogP contribution in [0, 0.1) is 5.82 Å².